The SMILES string of the molecule is COc1cccc(OC)c1C(=O)Pc1ccc(OC(C)C)cc1C. The van der Waals surface area contributed by atoms with E-state index in [4.69, 9.17) is 14.2 Å². The van der Waals surface area contributed by atoms with E-state index >= 15 is 0 Å². The number of benzene rings is 2. The summed E-state index contributed by atoms with van der Waals surface area (Å²) < 4.78 is 16.3. The highest BCUT2D eigenvalue weighted by molar-refractivity contribution is 7.66. The summed E-state index contributed by atoms with van der Waals surface area (Å²) in [5, 5.41) is 0.990. The maximum atomic E-state index is 12.8. The van der Waals surface area contributed by atoms with Crippen LogP contribution in [0.4, 0.5) is 0 Å². The molecule has 2 aromatic carbocycles. The van der Waals surface area contributed by atoms with Gasteiger partial charge in [0.05, 0.1) is 20.3 Å². The lowest BCUT2D eigenvalue weighted by atomic mass is 10.2. The summed E-state index contributed by atoms with van der Waals surface area (Å²) in [6, 6.07) is 11.2. The summed E-state index contributed by atoms with van der Waals surface area (Å²) in [5.41, 5.74) is 1.52. The molecule has 0 radical (unpaired) electrons. The van der Waals surface area contributed by atoms with E-state index in [-0.39, 0.29) is 20.2 Å². The molecule has 1 unspecified atom stereocenters. The molecule has 2 rings (SSSR count). The summed E-state index contributed by atoms with van der Waals surface area (Å²) in [6.07, 6.45) is 0.122. The number of hydrogen-bond acceptors (Lipinski definition) is 4. The van der Waals surface area contributed by atoms with Crippen LogP contribution in [0, 0.1) is 6.92 Å². The van der Waals surface area contributed by atoms with Crippen molar-refractivity contribution in [3.63, 3.8) is 0 Å². The fourth-order valence-corrected chi connectivity index (χ4v) is 3.43. The van der Waals surface area contributed by atoms with Gasteiger partial charge in [0.15, 0.2) is 5.52 Å². The lowest BCUT2D eigenvalue weighted by molar-refractivity contribution is 0.108. The Morgan fingerprint density at radius 3 is 2.17 bits per heavy atom. The molecule has 0 aliphatic carbocycles. The van der Waals surface area contributed by atoms with Crippen molar-refractivity contribution in [2.45, 2.75) is 26.9 Å². The van der Waals surface area contributed by atoms with Crippen LogP contribution in [-0.4, -0.2) is 25.8 Å². The van der Waals surface area contributed by atoms with E-state index in [9.17, 15) is 4.79 Å². The first kappa shape index (κ1) is 18.3. The first-order valence-corrected chi connectivity index (χ1v) is 8.76. The van der Waals surface area contributed by atoms with E-state index in [1.807, 2.05) is 39.0 Å². The Balaban J connectivity index is 2.27. The van der Waals surface area contributed by atoms with Gasteiger partial charge in [-0.05, 0) is 64.5 Å². The molecule has 0 heterocycles. The maximum Gasteiger partial charge on any atom is 0.193 e. The van der Waals surface area contributed by atoms with Gasteiger partial charge in [-0.2, -0.15) is 0 Å². The predicted octanol–water partition coefficient (Wildman–Crippen LogP) is 3.94. The molecule has 0 saturated heterocycles. The normalized spacial score (nSPS) is 11.1. The minimum absolute atomic E-state index is 0.00881. The van der Waals surface area contributed by atoms with Crippen molar-refractivity contribution >= 4 is 19.4 Å². The van der Waals surface area contributed by atoms with Crippen molar-refractivity contribution in [1.29, 1.82) is 0 Å². The number of carbonyl (C=O) groups excluding carboxylic acids is 1. The van der Waals surface area contributed by atoms with Crippen molar-refractivity contribution < 1.29 is 19.0 Å². The first-order valence-electron chi connectivity index (χ1n) is 7.76. The molecular formula is C19H23O4P. The van der Waals surface area contributed by atoms with Gasteiger partial charge in [-0.3, -0.25) is 4.79 Å². The molecule has 0 fully saturated rings. The van der Waals surface area contributed by atoms with Crippen LogP contribution in [0.1, 0.15) is 29.8 Å². The zero-order chi connectivity index (χ0) is 17.7. The van der Waals surface area contributed by atoms with Gasteiger partial charge in [0.2, 0.25) is 0 Å². The van der Waals surface area contributed by atoms with Gasteiger partial charge in [0, 0.05) is 0 Å². The number of hydrogen-bond donors (Lipinski definition) is 0. The van der Waals surface area contributed by atoms with E-state index in [0.29, 0.717) is 17.1 Å². The Hall–Kier alpha value is -2.06. The van der Waals surface area contributed by atoms with Crippen molar-refractivity contribution in [1.82, 2.24) is 0 Å². The van der Waals surface area contributed by atoms with Crippen LogP contribution in [0.5, 0.6) is 17.2 Å². The third-order valence-electron chi connectivity index (χ3n) is 3.47. The number of methoxy groups -OCH3 is 2. The van der Waals surface area contributed by atoms with Gasteiger partial charge in [0.25, 0.3) is 0 Å². The summed E-state index contributed by atoms with van der Waals surface area (Å²) in [5.74, 6) is 1.88. The zero-order valence-electron chi connectivity index (χ0n) is 14.7. The Labute approximate surface area is 144 Å². The van der Waals surface area contributed by atoms with Crippen LogP contribution < -0.4 is 19.5 Å². The Morgan fingerprint density at radius 2 is 1.67 bits per heavy atom. The second-order valence-corrected chi connectivity index (χ2v) is 6.88. The van der Waals surface area contributed by atoms with Gasteiger partial charge < -0.3 is 14.2 Å². The topological polar surface area (TPSA) is 44.8 Å². The molecule has 0 aliphatic heterocycles. The molecule has 2 aromatic rings. The fourth-order valence-electron chi connectivity index (χ4n) is 2.38. The van der Waals surface area contributed by atoms with E-state index in [1.54, 1.807) is 32.4 Å². The average molecular weight is 346 g/mol. The molecule has 0 saturated carbocycles. The van der Waals surface area contributed by atoms with Crippen LogP contribution in [0.15, 0.2) is 36.4 Å². The summed E-state index contributed by atoms with van der Waals surface area (Å²) >= 11 is 0. The van der Waals surface area contributed by atoms with E-state index in [1.165, 1.54) is 0 Å². The van der Waals surface area contributed by atoms with Crippen molar-refractivity contribution in [3.8, 4) is 17.2 Å². The average Bonchev–Trinajstić information content (AvgIpc) is 2.55. The highest BCUT2D eigenvalue weighted by Gasteiger charge is 2.19. The second kappa shape index (κ2) is 8.16. The van der Waals surface area contributed by atoms with Crippen molar-refractivity contribution in [2.24, 2.45) is 0 Å². The van der Waals surface area contributed by atoms with E-state index in [0.717, 1.165) is 16.6 Å². The molecule has 0 N–H and O–H groups in total. The Morgan fingerprint density at radius 1 is 1.04 bits per heavy atom. The van der Waals surface area contributed by atoms with Gasteiger partial charge in [-0.25, -0.2) is 0 Å². The van der Waals surface area contributed by atoms with Crippen LogP contribution in [-0.2, 0) is 0 Å². The second-order valence-electron chi connectivity index (χ2n) is 5.63. The highest BCUT2D eigenvalue weighted by atomic mass is 31.1. The monoisotopic (exact) mass is 346 g/mol. The smallest absolute Gasteiger partial charge is 0.193 e. The molecular weight excluding hydrogens is 323 g/mol. The summed E-state index contributed by atoms with van der Waals surface area (Å²) in [6.45, 7) is 5.97. The maximum absolute atomic E-state index is 12.8. The number of carbonyl (C=O) groups is 1. The van der Waals surface area contributed by atoms with Gasteiger partial charge in [-0.1, -0.05) is 12.1 Å². The molecule has 4 nitrogen and oxygen atoms in total. The van der Waals surface area contributed by atoms with Crippen LogP contribution >= 0.6 is 8.58 Å². The van der Waals surface area contributed by atoms with Crippen LogP contribution in [0.2, 0.25) is 0 Å². The predicted molar refractivity (Wildman–Crippen MR) is 98.8 cm³/mol. The van der Waals surface area contributed by atoms with Crippen LogP contribution in [0.25, 0.3) is 0 Å². The molecule has 0 spiro atoms. The quantitative estimate of drug-likeness (QED) is 0.712. The van der Waals surface area contributed by atoms with Crippen molar-refractivity contribution in [2.75, 3.05) is 14.2 Å². The number of ether oxygens (including phenoxy) is 3. The number of aryl methyl sites for hydroxylation is 1. The molecule has 128 valence electrons. The largest absolute Gasteiger partial charge is 0.496 e. The highest BCUT2D eigenvalue weighted by Crippen LogP contribution is 2.34. The minimum Gasteiger partial charge on any atom is -0.496 e. The Kier molecular flexibility index (Phi) is 6.22. The van der Waals surface area contributed by atoms with Gasteiger partial charge in [0.1, 0.15) is 22.8 Å². The standard InChI is InChI=1S/C19H23O4P/c1-12(2)23-14-9-10-17(13(3)11-14)24-19(20)18-15(21-4)7-6-8-16(18)22-5/h6-12,24H,1-5H3. The van der Waals surface area contributed by atoms with E-state index < -0.39 is 0 Å². The lowest BCUT2D eigenvalue weighted by Gasteiger charge is -2.14. The molecule has 0 bridgehead atoms. The zero-order valence-corrected chi connectivity index (χ0v) is 15.7. The van der Waals surface area contributed by atoms with Crippen LogP contribution in [0.3, 0.4) is 0 Å². The van der Waals surface area contributed by atoms with E-state index in [2.05, 4.69) is 0 Å². The molecule has 1 atom stereocenters. The fraction of sp³-hybridized carbons (Fsp3) is 0.316. The molecule has 0 amide bonds. The van der Waals surface area contributed by atoms with Gasteiger partial charge in [-0.15, -0.1) is 0 Å². The molecule has 0 aromatic heterocycles. The third-order valence-corrected chi connectivity index (χ3v) is 4.78. The lowest BCUT2D eigenvalue weighted by Crippen LogP contribution is -2.10. The van der Waals surface area contributed by atoms with Gasteiger partial charge >= 0.3 is 0 Å². The summed E-state index contributed by atoms with van der Waals surface area (Å²) in [4.78, 5) is 12.8. The summed E-state index contributed by atoms with van der Waals surface area (Å²) in [7, 11) is 3.10. The third kappa shape index (κ3) is 4.27. The minimum atomic E-state index is -0.00933. The first-order chi connectivity index (χ1) is 11.5. The molecule has 0 aliphatic rings. The molecule has 5 heteroatoms. The van der Waals surface area contributed by atoms with Crippen molar-refractivity contribution in [3.05, 3.63) is 47.5 Å². The molecule has 24 heavy (non-hydrogen) atoms. The Bertz CT molecular complexity index is 703. The number of rotatable bonds is 7.